The minimum Gasteiger partial charge on any atom is -0.386 e. The average Bonchev–Trinajstić information content (AvgIpc) is 3.53. The second kappa shape index (κ2) is 5.62. The summed E-state index contributed by atoms with van der Waals surface area (Å²) in [6.07, 6.45) is 18.2. The van der Waals surface area contributed by atoms with Crippen molar-refractivity contribution in [2.24, 2.45) is 44.8 Å². The fraction of sp³-hybridized carbons (Fsp3) is 0.964. The third kappa shape index (κ3) is 1.91. The summed E-state index contributed by atoms with van der Waals surface area (Å²) in [6.45, 7) is 4.93. The van der Waals surface area contributed by atoms with Crippen LogP contribution in [0.2, 0.25) is 0 Å². The molecule has 31 heavy (non-hydrogen) atoms. The number of Topliss-reactive ketones (excluding diaryl/α,β-unsaturated/α-hetero) is 1. The lowest BCUT2D eigenvalue weighted by molar-refractivity contribution is -0.186. The van der Waals surface area contributed by atoms with Crippen molar-refractivity contribution in [3.05, 3.63) is 0 Å². The molecule has 0 saturated heterocycles. The van der Waals surface area contributed by atoms with Gasteiger partial charge in [-0.2, -0.15) is 0 Å². The Balaban J connectivity index is 1.31. The van der Waals surface area contributed by atoms with Gasteiger partial charge in [-0.25, -0.2) is 0 Å². The van der Waals surface area contributed by atoms with E-state index < -0.39 is 5.60 Å². The first-order valence-corrected chi connectivity index (χ1v) is 13.5. The van der Waals surface area contributed by atoms with Gasteiger partial charge in [0.1, 0.15) is 11.4 Å². The van der Waals surface area contributed by atoms with E-state index in [1.165, 1.54) is 77.0 Å². The van der Waals surface area contributed by atoms with E-state index in [0.717, 1.165) is 6.42 Å². The molecule has 9 unspecified atom stereocenters. The van der Waals surface area contributed by atoms with E-state index >= 15 is 0 Å². The number of methoxy groups -OCH3 is 1. The summed E-state index contributed by atoms with van der Waals surface area (Å²) in [6, 6.07) is 0. The molecule has 4 bridgehead atoms. The highest BCUT2D eigenvalue weighted by atomic mass is 16.5. The van der Waals surface area contributed by atoms with E-state index in [2.05, 4.69) is 13.8 Å². The van der Waals surface area contributed by atoms with Gasteiger partial charge in [-0.05, 0) is 104 Å². The Labute approximate surface area is 188 Å². The normalized spacial score (nSPS) is 60.8. The first-order chi connectivity index (χ1) is 14.7. The summed E-state index contributed by atoms with van der Waals surface area (Å²) in [5.74, 6) is 1.13. The standard InChI is InChI=1S/C28H42O3/c1-23-15-18-6-9-27(13-12-26(17-27)11-10-25(16-26)7-4-5-8-25)24(23,2)21(18)22-19(29)14-20(31-3)28(22,23)30/h18,20-22,30H,4-17H2,1-3H3. The summed E-state index contributed by atoms with van der Waals surface area (Å²) >= 11 is 0. The molecule has 7 aliphatic carbocycles. The molecule has 0 aromatic rings. The molecule has 3 nitrogen and oxygen atoms in total. The van der Waals surface area contributed by atoms with Crippen molar-refractivity contribution >= 4 is 5.78 Å². The van der Waals surface area contributed by atoms with E-state index in [1.54, 1.807) is 7.11 Å². The van der Waals surface area contributed by atoms with E-state index in [-0.39, 0.29) is 22.9 Å². The SMILES string of the molecule is COC1CC(=O)C2C3C4CCC5(CCC6(CCC7(CCCC7)C6)C5)C3(C)C(C)(C4)C12O. The number of fused-ring (bicyclic) bond motifs is 2. The number of carbonyl (C=O) groups is 1. The topological polar surface area (TPSA) is 46.5 Å². The maximum absolute atomic E-state index is 13.3. The lowest BCUT2D eigenvalue weighted by Gasteiger charge is -2.57. The largest absolute Gasteiger partial charge is 0.386 e. The smallest absolute Gasteiger partial charge is 0.141 e. The zero-order chi connectivity index (χ0) is 21.5. The second-order valence-electron chi connectivity index (χ2n) is 14.1. The molecule has 0 aromatic carbocycles. The monoisotopic (exact) mass is 426 g/mol. The fourth-order valence-electron chi connectivity index (χ4n) is 12.7. The van der Waals surface area contributed by atoms with Crippen molar-refractivity contribution in [3.8, 4) is 0 Å². The first-order valence-electron chi connectivity index (χ1n) is 13.5. The molecule has 7 aliphatic rings. The van der Waals surface area contributed by atoms with Crippen LogP contribution in [0.15, 0.2) is 0 Å². The van der Waals surface area contributed by atoms with Crippen molar-refractivity contribution in [2.45, 2.75) is 115 Å². The molecule has 172 valence electrons. The Kier molecular flexibility index (Phi) is 3.63. The number of carbonyl (C=O) groups excluding carboxylic acids is 1. The number of ketones is 1. The van der Waals surface area contributed by atoms with E-state index in [0.29, 0.717) is 40.3 Å². The van der Waals surface area contributed by atoms with Crippen LogP contribution < -0.4 is 0 Å². The molecule has 9 atom stereocenters. The third-order valence-electron chi connectivity index (χ3n) is 13.8. The Morgan fingerprint density at radius 3 is 2.39 bits per heavy atom. The molecule has 7 saturated carbocycles. The van der Waals surface area contributed by atoms with Crippen LogP contribution in [0.3, 0.4) is 0 Å². The zero-order valence-corrected chi connectivity index (χ0v) is 20.0. The lowest BCUT2D eigenvalue weighted by atomic mass is 9.47. The summed E-state index contributed by atoms with van der Waals surface area (Å²) < 4.78 is 5.85. The maximum Gasteiger partial charge on any atom is 0.141 e. The number of rotatable bonds is 1. The summed E-state index contributed by atoms with van der Waals surface area (Å²) in [5.41, 5.74) is 0.476. The number of hydrogen-bond acceptors (Lipinski definition) is 3. The minimum absolute atomic E-state index is 0.0735. The van der Waals surface area contributed by atoms with Crippen LogP contribution in [0.1, 0.15) is 104 Å². The van der Waals surface area contributed by atoms with Gasteiger partial charge in [0, 0.05) is 18.9 Å². The quantitative estimate of drug-likeness (QED) is 0.587. The molecule has 0 heterocycles. The van der Waals surface area contributed by atoms with Crippen LogP contribution in [-0.2, 0) is 9.53 Å². The minimum atomic E-state index is -0.954. The average molecular weight is 427 g/mol. The second-order valence-corrected chi connectivity index (χ2v) is 14.1. The molecule has 0 radical (unpaired) electrons. The molecular formula is C28H42O3. The third-order valence-corrected chi connectivity index (χ3v) is 13.8. The van der Waals surface area contributed by atoms with Crippen LogP contribution in [0, 0.1) is 44.8 Å². The van der Waals surface area contributed by atoms with Gasteiger partial charge < -0.3 is 9.84 Å². The maximum atomic E-state index is 13.3. The Hall–Kier alpha value is -0.410. The van der Waals surface area contributed by atoms with Crippen molar-refractivity contribution in [3.63, 3.8) is 0 Å². The molecule has 0 aromatic heterocycles. The molecule has 0 amide bonds. The highest BCUT2D eigenvalue weighted by Crippen LogP contribution is 2.87. The van der Waals surface area contributed by atoms with Crippen molar-refractivity contribution in [1.82, 2.24) is 0 Å². The summed E-state index contributed by atoms with van der Waals surface area (Å²) in [7, 11) is 1.71. The van der Waals surface area contributed by atoms with Crippen LogP contribution >= 0.6 is 0 Å². The molecule has 7 rings (SSSR count). The first kappa shape index (κ1) is 20.0. The van der Waals surface area contributed by atoms with Gasteiger partial charge in [-0.3, -0.25) is 4.79 Å². The van der Waals surface area contributed by atoms with E-state index in [1.807, 2.05) is 0 Å². The highest BCUT2D eigenvalue weighted by molar-refractivity contribution is 5.88. The van der Waals surface area contributed by atoms with E-state index in [9.17, 15) is 9.90 Å². The zero-order valence-electron chi connectivity index (χ0n) is 20.0. The Morgan fingerprint density at radius 1 is 0.935 bits per heavy atom. The van der Waals surface area contributed by atoms with Gasteiger partial charge in [-0.1, -0.05) is 26.7 Å². The van der Waals surface area contributed by atoms with Crippen LogP contribution in [-0.4, -0.2) is 29.7 Å². The van der Waals surface area contributed by atoms with E-state index in [4.69, 9.17) is 4.74 Å². The van der Waals surface area contributed by atoms with Crippen molar-refractivity contribution in [1.29, 1.82) is 0 Å². The highest BCUT2D eigenvalue weighted by Gasteiger charge is 2.87. The predicted octanol–water partition coefficient (Wildman–Crippen LogP) is 5.68. The van der Waals surface area contributed by atoms with Gasteiger partial charge in [0.05, 0.1) is 12.0 Å². The van der Waals surface area contributed by atoms with Crippen LogP contribution in [0.4, 0.5) is 0 Å². The lowest BCUT2D eigenvalue weighted by Crippen LogP contribution is -2.58. The molecule has 3 heteroatoms. The number of aliphatic hydroxyl groups is 1. The van der Waals surface area contributed by atoms with Gasteiger partial charge in [0.15, 0.2) is 0 Å². The molecule has 3 spiro atoms. The van der Waals surface area contributed by atoms with Crippen LogP contribution in [0.25, 0.3) is 0 Å². The Morgan fingerprint density at radius 2 is 1.65 bits per heavy atom. The fourth-order valence-corrected chi connectivity index (χ4v) is 12.7. The molecule has 7 fully saturated rings. The van der Waals surface area contributed by atoms with Crippen molar-refractivity contribution < 1.29 is 14.6 Å². The molecule has 0 aliphatic heterocycles. The molecular weight excluding hydrogens is 384 g/mol. The summed E-state index contributed by atoms with van der Waals surface area (Å²) in [4.78, 5) is 13.3. The van der Waals surface area contributed by atoms with Crippen molar-refractivity contribution in [2.75, 3.05) is 7.11 Å². The van der Waals surface area contributed by atoms with Crippen LogP contribution in [0.5, 0.6) is 0 Å². The van der Waals surface area contributed by atoms with Gasteiger partial charge in [-0.15, -0.1) is 0 Å². The Bertz CT molecular complexity index is 845. The predicted molar refractivity (Wildman–Crippen MR) is 119 cm³/mol. The van der Waals surface area contributed by atoms with Gasteiger partial charge >= 0.3 is 0 Å². The summed E-state index contributed by atoms with van der Waals surface area (Å²) in [5, 5.41) is 12.3. The number of hydrogen-bond donors (Lipinski definition) is 1. The number of ether oxygens (including phenoxy) is 1. The molecule has 1 N–H and O–H groups in total. The van der Waals surface area contributed by atoms with Gasteiger partial charge in [0.2, 0.25) is 0 Å². The van der Waals surface area contributed by atoms with Gasteiger partial charge in [0.25, 0.3) is 0 Å².